The van der Waals surface area contributed by atoms with Crippen LogP contribution in [0.15, 0.2) is 0 Å². The number of nitrogens with one attached hydrogen (secondary N) is 3. The fourth-order valence-electron chi connectivity index (χ4n) is 2.18. The van der Waals surface area contributed by atoms with Gasteiger partial charge >= 0.3 is 5.97 Å². The van der Waals surface area contributed by atoms with Crippen molar-refractivity contribution in [1.29, 1.82) is 0 Å². The summed E-state index contributed by atoms with van der Waals surface area (Å²) in [5.74, 6) is 4.66. The highest BCUT2D eigenvalue weighted by molar-refractivity contribution is 5.87. The number of hydrazine groups is 1. The summed E-state index contributed by atoms with van der Waals surface area (Å²) in [5.41, 5.74) is 18.7. The summed E-state index contributed by atoms with van der Waals surface area (Å²) in [7, 11) is 0. The van der Waals surface area contributed by atoms with Crippen LogP contribution in [0.25, 0.3) is 0 Å². The van der Waals surface area contributed by atoms with Crippen LogP contribution in [0.1, 0.15) is 45.4 Å². The van der Waals surface area contributed by atoms with Crippen LogP contribution in [-0.4, -0.2) is 49.9 Å². The Balaban J connectivity index is 4.59. The normalized spacial score (nSPS) is 13.5. The van der Waals surface area contributed by atoms with E-state index in [-0.39, 0.29) is 5.91 Å². The van der Waals surface area contributed by atoms with Crippen LogP contribution in [0.2, 0.25) is 0 Å². The maximum atomic E-state index is 12.3. The summed E-state index contributed by atoms with van der Waals surface area (Å²) in [4.78, 5) is 24.5. The van der Waals surface area contributed by atoms with Crippen LogP contribution in [0.3, 0.4) is 0 Å². The highest BCUT2D eigenvalue weighted by atomic mass is 16.5. The van der Waals surface area contributed by atoms with Gasteiger partial charge in [0, 0.05) is 0 Å². The van der Waals surface area contributed by atoms with E-state index in [2.05, 4.69) is 16.1 Å². The number of rotatable bonds is 15. The Kier molecular flexibility index (Phi) is 14.2. The van der Waals surface area contributed by atoms with Crippen LogP contribution in [0, 0.1) is 0 Å². The molecule has 0 saturated heterocycles. The Bertz CT molecular complexity index is 369. The summed E-state index contributed by atoms with van der Waals surface area (Å²) in [5, 5.41) is 5.57. The average Bonchev–Trinajstić information content (AvgIpc) is 2.58. The van der Waals surface area contributed by atoms with E-state index in [1.807, 2.05) is 6.92 Å². The predicted molar refractivity (Wildman–Crippen MR) is 96.6 cm³/mol. The molecule has 10 nitrogen and oxygen atoms in total. The van der Waals surface area contributed by atoms with E-state index >= 15 is 0 Å². The number of hydrogen-bond donors (Lipinski definition) is 7. The molecule has 1 amide bonds. The maximum Gasteiger partial charge on any atom is 0.328 e. The molecule has 0 aromatic heterocycles. The molecular weight excluding hydrogens is 326 g/mol. The first-order chi connectivity index (χ1) is 12.0. The van der Waals surface area contributed by atoms with Crippen LogP contribution in [0.4, 0.5) is 0 Å². The van der Waals surface area contributed by atoms with Gasteiger partial charge in [0.2, 0.25) is 5.91 Å². The molecule has 0 bridgehead atoms. The fourth-order valence-corrected chi connectivity index (χ4v) is 2.18. The quantitative estimate of drug-likeness (QED) is 0.0567. The first kappa shape index (κ1) is 23.7. The first-order valence-corrected chi connectivity index (χ1v) is 8.84. The molecule has 0 aliphatic heterocycles. The van der Waals surface area contributed by atoms with Crippen LogP contribution >= 0.6 is 0 Å². The molecule has 2 atom stereocenters. The standard InChI is InChI=1S/C15H35N7O3/c1-2-10-25-14(24)12(7-5-9-20-15(17)18)21-13(23)11(22-19)6-3-4-8-16/h11-12,15,20,22H,2-10,16-19H2,1H3,(H,21,23)/t11-,12-/m0/s1. The third kappa shape index (κ3) is 11.8. The molecule has 0 heterocycles. The molecule has 10 heteroatoms. The molecular formula is C15H35N7O3. The largest absolute Gasteiger partial charge is 0.464 e. The number of carbonyl (C=O) groups excluding carboxylic acids is 2. The van der Waals surface area contributed by atoms with Crippen molar-refractivity contribution in [3.63, 3.8) is 0 Å². The van der Waals surface area contributed by atoms with E-state index in [1.165, 1.54) is 0 Å². The number of carbonyl (C=O) groups is 2. The lowest BCUT2D eigenvalue weighted by atomic mass is 10.1. The van der Waals surface area contributed by atoms with Gasteiger partial charge in [-0.2, -0.15) is 0 Å². The lowest BCUT2D eigenvalue weighted by molar-refractivity contribution is -0.148. The summed E-state index contributed by atoms with van der Waals surface area (Å²) in [6.45, 7) is 3.30. The van der Waals surface area contributed by atoms with Crippen molar-refractivity contribution < 1.29 is 14.3 Å². The molecule has 0 saturated carbocycles. The van der Waals surface area contributed by atoms with Gasteiger partial charge in [-0.15, -0.1) is 0 Å². The molecule has 0 fully saturated rings. The Hall–Kier alpha value is -1.30. The lowest BCUT2D eigenvalue weighted by Gasteiger charge is -2.21. The van der Waals surface area contributed by atoms with Crippen molar-refractivity contribution in [2.75, 3.05) is 19.7 Å². The van der Waals surface area contributed by atoms with Gasteiger partial charge in [0.05, 0.1) is 12.6 Å². The number of unbranched alkanes of at least 4 members (excludes halogenated alkanes) is 1. The van der Waals surface area contributed by atoms with Gasteiger partial charge in [-0.1, -0.05) is 13.3 Å². The third-order valence-electron chi connectivity index (χ3n) is 3.56. The molecule has 0 rings (SSSR count). The van der Waals surface area contributed by atoms with Crippen LogP contribution in [0.5, 0.6) is 0 Å². The van der Waals surface area contributed by atoms with Crippen molar-refractivity contribution in [3.05, 3.63) is 0 Å². The highest BCUT2D eigenvalue weighted by Crippen LogP contribution is 2.04. The zero-order valence-electron chi connectivity index (χ0n) is 15.1. The maximum absolute atomic E-state index is 12.3. The molecule has 148 valence electrons. The molecule has 0 spiro atoms. The van der Waals surface area contributed by atoms with E-state index in [4.69, 9.17) is 27.8 Å². The van der Waals surface area contributed by atoms with Crippen molar-refractivity contribution in [2.45, 2.75) is 63.8 Å². The molecule has 25 heavy (non-hydrogen) atoms. The minimum Gasteiger partial charge on any atom is -0.464 e. The van der Waals surface area contributed by atoms with Crippen molar-refractivity contribution in [1.82, 2.24) is 16.1 Å². The second kappa shape index (κ2) is 15.0. The number of hydrogen-bond acceptors (Lipinski definition) is 9. The van der Waals surface area contributed by atoms with Gasteiger partial charge in [0.15, 0.2) is 0 Å². The average molecular weight is 361 g/mol. The second-order valence-corrected chi connectivity index (χ2v) is 5.85. The van der Waals surface area contributed by atoms with Crippen molar-refractivity contribution in [2.24, 2.45) is 23.0 Å². The molecule has 0 unspecified atom stereocenters. The SMILES string of the molecule is CCCOC(=O)[C@H](CCCNC(N)N)NC(=O)[C@H](CCCCN)NN. The molecule has 0 aliphatic rings. The number of amides is 1. The van der Waals surface area contributed by atoms with E-state index in [9.17, 15) is 9.59 Å². The Labute approximate surface area is 149 Å². The molecule has 0 aromatic rings. The number of nitrogens with two attached hydrogens (primary N) is 4. The molecule has 0 aromatic carbocycles. The minimum absolute atomic E-state index is 0.312. The zero-order chi connectivity index (χ0) is 19.1. The molecule has 0 radical (unpaired) electrons. The van der Waals surface area contributed by atoms with Gasteiger partial charge in [0.1, 0.15) is 12.3 Å². The van der Waals surface area contributed by atoms with E-state index in [0.29, 0.717) is 45.4 Å². The zero-order valence-corrected chi connectivity index (χ0v) is 15.1. The van der Waals surface area contributed by atoms with E-state index in [1.54, 1.807) is 0 Å². The Morgan fingerprint density at radius 3 is 2.32 bits per heavy atom. The smallest absolute Gasteiger partial charge is 0.328 e. The lowest BCUT2D eigenvalue weighted by Crippen LogP contribution is -2.52. The Morgan fingerprint density at radius 1 is 1.08 bits per heavy atom. The van der Waals surface area contributed by atoms with Gasteiger partial charge in [-0.25, -0.2) is 10.2 Å². The topological polar surface area (TPSA) is 184 Å². The minimum atomic E-state index is -0.736. The van der Waals surface area contributed by atoms with Crippen molar-refractivity contribution >= 4 is 11.9 Å². The summed E-state index contributed by atoms with van der Waals surface area (Å²) in [6.07, 6.45) is 3.22. The second-order valence-electron chi connectivity index (χ2n) is 5.85. The van der Waals surface area contributed by atoms with Gasteiger partial charge in [-0.3, -0.25) is 16.0 Å². The van der Waals surface area contributed by atoms with Crippen LogP contribution in [-0.2, 0) is 14.3 Å². The van der Waals surface area contributed by atoms with E-state index < -0.39 is 24.3 Å². The molecule has 0 aliphatic carbocycles. The number of esters is 1. The third-order valence-corrected chi connectivity index (χ3v) is 3.56. The summed E-state index contributed by atoms with van der Waals surface area (Å²) < 4.78 is 5.15. The van der Waals surface area contributed by atoms with Gasteiger partial charge < -0.3 is 27.3 Å². The first-order valence-electron chi connectivity index (χ1n) is 8.84. The predicted octanol–water partition coefficient (Wildman–Crippen LogP) is -2.04. The van der Waals surface area contributed by atoms with Crippen molar-refractivity contribution in [3.8, 4) is 0 Å². The number of ether oxygens (including phenoxy) is 1. The van der Waals surface area contributed by atoms with E-state index in [0.717, 1.165) is 12.8 Å². The molecule has 11 N–H and O–H groups in total. The summed E-state index contributed by atoms with van der Waals surface area (Å²) >= 11 is 0. The van der Waals surface area contributed by atoms with Gasteiger partial charge in [0.25, 0.3) is 0 Å². The monoisotopic (exact) mass is 361 g/mol. The van der Waals surface area contributed by atoms with Gasteiger partial charge in [-0.05, 0) is 45.2 Å². The fraction of sp³-hybridized carbons (Fsp3) is 0.867. The Morgan fingerprint density at radius 2 is 1.76 bits per heavy atom. The highest BCUT2D eigenvalue weighted by Gasteiger charge is 2.25. The summed E-state index contributed by atoms with van der Waals surface area (Å²) in [6, 6.07) is -1.32. The van der Waals surface area contributed by atoms with Crippen LogP contribution < -0.4 is 39.1 Å².